The van der Waals surface area contributed by atoms with Gasteiger partial charge in [0.25, 0.3) is 0 Å². The highest BCUT2D eigenvalue weighted by Crippen LogP contribution is 2.39. The average molecular weight is 325 g/mol. The molecule has 2 aliphatic rings. The molecule has 0 radical (unpaired) electrons. The molecule has 0 bridgehead atoms. The SMILES string of the molecule is COc1ccc(S(=O)(=O)N2C[C@H]3CCC[C@@H](OC)[C@H]3C2)cc1. The Kier molecular flexibility index (Phi) is 4.43. The van der Waals surface area contributed by atoms with E-state index in [1.807, 2.05) is 0 Å². The van der Waals surface area contributed by atoms with E-state index in [2.05, 4.69) is 0 Å². The van der Waals surface area contributed by atoms with Crippen molar-refractivity contribution in [1.82, 2.24) is 4.31 Å². The van der Waals surface area contributed by atoms with Crippen LogP contribution in [0.5, 0.6) is 5.75 Å². The minimum absolute atomic E-state index is 0.190. The Morgan fingerprint density at radius 2 is 1.82 bits per heavy atom. The van der Waals surface area contributed by atoms with Gasteiger partial charge in [-0.3, -0.25) is 0 Å². The summed E-state index contributed by atoms with van der Waals surface area (Å²) < 4.78 is 37.9. The van der Waals surface area contributed by atoms with Crippen LogP contribution in [-0.2, 0) is 14.8 Å². The molecular formula is C16H23NO4S. The lowest BCUT2D eigenvalue weighted by Gasteiger charge is -2.31. The number of fused-ring (bicyclic) bond motifs is 1. The number of benzene rings is 1. The van der Waals surface area contributed by atoms with Crippen molar-refractivity contribution in [2.75, 3.05) is 27.3 Å². The highest BCUT2D eigenvalue weighted by atomic mass is 32.2. The molecule has 5 nitrogen and oxygen atoms in total. The molecule has 1 aromatic carbocycles. The first-order valence-corrected chi connectivity index (χ1v) is 9.17. The van der Waals surface area contributed by atoms with Crippen LogP contribution in [0.4, 0.5) is 0 Å². The molecule has 1 aliphatic heterocycles. The molecule has 1 heterocycles. The normalized spacial score (nSPS) is 29.3. The monoisotopic (exact) mass is 325 g/mol. The quantitative estimate of drug-likeness (QED) is 0.851. The van der Waals surface area contributed by atoms with Crippen LogP contribution in [0.15, 0.2) is 29.2 Å². The van der Waals surface area contributed by atoms with Gasteiger partial charge in [0.2, 0.25) is 10.0 Å². The lowest BCUT2D eigenvalue weighted by atomic mass is 9.79. The van der Waals surface area contributed by atoms with Gasteiger partial charge in [-0.15, -0.1) is 0 Å². The summed E-state index contributed by atoms with van der Waals surface area (Å²) in [4.78, 5) is 0.334. The van der Waals surface area contributed by atoms with Crippen LogP contribution in [0, 0.1) is 11.8 Å². The second kappa shape index (κ2) is 6.18. The van der Waals surface area contributed by atoms with Crippen LogP contribution in [0.1, 0.15) is 19.3 Å². The maximum absolute atomic E-state index is 12.8. The summed E-state index contributed by atoms with van der Waals surface area (Å²) >= 11 is 0. The standard InChI is InChI=1S/C16H23NO4S/c1-20-13-6-8-14(9-7-13)22(18,19)17-10-12-4-3-5-16(21-2)15(12)11-17/h6-9,12,15-16H,3-5,10-11H2,1-2H3/t12-,15+,16-/m1/s1. The van der Waals surface area contributed by atoms with Crippen molar-refractivity contribution in [1.29, 1.82) is 0 Å². The minimum Gasteiger partial charge on any atom is -0.497 e. The summed E-state index contributed by atoms with van der Waals surface area (Å²) in [5, 5.41) is 0. The largest absolute Gasteiger partial charge is 0.497 e. The van der Waals surface area contributed by atoms with Crippen LogP contribution in [0.25, 0.3) is 0 Å². The Labute approximate surface area is 132 Å². The molecule has 22 heavy (non-hydrogen) atoms. The van der Waals surface area contributed by atoms with Gasteiger partial charge in [0.1, 0.15) is 5.75 Å². The van der Waals surface area contributed by atoms with Gasteiger partial charge >= 0.3 is 0 Å². The van der Waals surface area contributed by atoms with Crippen LogP contribution in [0.3, 0.4) is 0 Å². The second-order valence-electron chi connectivity index (χ2n) is 6.13. The van der Waals surface area contributed by atoms with Crippen molar-refractivity contribution in [3.8, 4) is 5.75 Å². The Morgan fingerprint density at radius 3 is 2.45 bits per heavy atom. The predicted molar refractivity (Wildman–Crippen MR) is 83.4 cm³/mol. The van der Waals surface area contributed by atoms with E-state index in [-0.39, 0.29) is 6.10 Å². The van der Waals surface area contributed by atoms with Gasteiger partial charge in [0.05, 0.1) is 18.1 Å². The molecule has 1 saturated heterocycles. The molecule has 6 heteroatoms. The molecule has 0 unspecified atom stereocenters. The van der Waals surface area contributed by atoms with E-state index in [1.165, 1.54) is 0 Å². The van der Waals surface area contributed by atoms with Gasteiger partial charge in [0, 0.05) is 26.1 Å². The summed E-state index contributed by atoms with van der Waals surface area (Å²) in [6.45, 7) is 1.18. The second-order valence-corrected chi connectivity index (χ2v) is 8.06. The molecule has 3 atom stereocenters. The van der Waals surface area contributed by atoms with Crippen molar-refractivity contribution in [2.45, 2.75) is 30.3 Å². The zero-order chi connectivity index (χ0) is 15.7. The molecule has 1 aliphatic carbocycles. The molecular weight excluding hydrogens is 302 g/mol. The predicted octanol–water partition coefficient (Wildman–Crippen LogP) is 2.13. The first-order valence-electron chi connectivity index (χ1n) is 7.73. The van der Waals surface area contributed by atoms with Gasteiger partial charge in [-0.05, 0) is 43.0 Å². The summed E-state index contributed by atoms with van der Waals surface area (Å²) in [6, 6.07) is 6.61. The first kappa shape index (κ1) is 15.8. The minimum atomic E-state index is -3.43. The third kappa shape index (κ3) is 2.75. The average Bonchev–Trinajstić information content (AvgIpc) is 2.99. The van der Waals surface area contributed by atoms with Crippen LogP contribution in [-0.4, -0.2) is 46.1 Å². The van der Waals surface area contributed by atoms with Crippen molar-refractivity contribution in [3.05, 3.63) is 24.3 Å². The van der Waals surface area contributed by atoms with Gasteiger partial charge < -0.3 is 9.47 Å². The molecule has 1 aromatic rings. The molecule has 3 rings (SSSR count). The van der Waals surface area contributed by atoms with E-state index in [9.17, 15) is 8.42 Å². The molecule has 0 spiro atoms. The Morgan fingerprint density at radius 1 is 1.09 bits per heavy atom. The Hall–Kier alpha value is -1.11. The fourth-order valence-electron chi connectivity index (χ4n) is 3.76. The highest BCUT2D eigenvalue weighted by Gasteiger charge is 2.44. The zero-order valence-corrected chi connectivity index (χ0v) is 13.9. The number of ether oxygens (including phenoxy) is 2. The highest BCUT2D eigenvalue weighted by molar-refractivity contribution is 7.89. The molecule has 0 aromatic heterocycles. The Bertz CT molecular complexity index is 614. The summed E-state index contributed by atoms with van der Waals surface area (Å²) in [6.07, 6.45) is 3.44. The van der Waals surface area contributed by atoms with Crippen LogP contribution < -0.4 is 4.74 Å². The van der Waals surface area contributed by atoms with E-state index < -0.39 is 10.0 Å². The number of hydrogen-bond acceptors (Lipinski definition) is 4. The number of sulfonamides is 1. The van der Waals surface area contributed by atoms with E-state index in [0.29, 0.717) is 35.6 Å². The number of hydrogen-bond donors (Lipinski definition) is 0. The molecule has 0 N–H and O–H groups in total. The number of methoxy groups -OCH3 is 2. The van der Waals surface area contributed by atoms with Crippen molar-refractivity contribution >= 4 is 10.0 Å². The lowest BCUT2D eigenvalue weighted by molar-refractivity contribution is 0.0133. The maximum Gasteiger partial charge on any atom is 0.243 e. The fraction of sp³-hybridized carbons (Fsp3) is 0.625. The van der Waals surface area contributed by atoms with E-state index in [0.717, 1.165) is 19.3 Å². The van der Waals surface area contributed by atoms with E-state index >= 15 is 0 Å². The van der Waals surface area contributed by atoms with Gasteiger partial charge in [-0.1, -0.05) is 6.42 Å². The molecule has 122 valence electrons. The number of rotatable bonds is 4. The molecule has 2 fully saturated rings. The van der Waals surface area contributed by atoms with Crippen molar-refractivity contribution in [2.24, 2.45) is 11.8 Å². The van der Waals surface area contributed by atoms with Gasteiger partial charge in [-0.2, -0.15) is 4.31 Å². The van der Waals surface area contributed by atoms with E-state index in [4.69, 9.17) is 9.47 Å². The maximum atomic E-state index is 12.8. The van der Waals surface area contributed by atoms with Crippen molar-refractivity contribution in [3.63, 3.8) is 0 Å². The topological polar surface area (TPSA) is 55.8 Å². The van der Waals surface area contributed by atoms with Crippen LogP contribution in [0.2, 0.25) is 0 Å². The summed E-state index contributed by atoms with van der Waals surface area (Å²) in [5.41, 5.74) is 0. The molecule has 0 amide bonds. The first-order chi connectivity index (χ1) is 10.6. The van der Waals surface area contributed by atoms with Crippen molar-refractivity contribution < 1.29 is 17.9 Å². The van der Waals surface area contributed by atoms with Crippen LogP contribution >= 0.6 is 0 Å². The van der Waals surface area contributed by atoms with E-state index in [1.54, 1.807) is 42.8 Å². The lowest BCUT2D eigenvalue weighted by Crippen LogP contribution is -2.33. The van der Waals surface area contributed by atoms with Gasteiger partial charge in [-0.25, -0.2) is 8.42 Å². The fourth-order valence-corrected chi connectivity index (χ4v) is 5.30. The zero-order valence-electron chi connectivity index (χ0n) is 13.1. The third-order valence-corrected chi connectivity index (χ3v) is 6.85. The van der Waals surface area contributed by atoms with Gasteiger partial charge in [0.15, 0.2) is 0 Å². The Balaban J connectivity index is 1.81. The smallest absolute Gasteiger partial charge is 0.243 e. The summed E-state index contributed by atoms with van der Waals surface area (Å²) in [5.74, 6) is 1.41. The molecule has 1 saturated carbocycles. The third-order valence-electron chi connectivity index (χ3n) is 5.00. The number of nitrogens with zero attached hydrogens (tertiary/aromatic N) is 1. The summed E-state index contributed by atoms with van der Waals surface area (Å²) in [7, 11) is -0.133.